The molecule has 7 rings (SSSR count). The van der Waals surface area contributed by atoms with E-state index >= 15 is 0 Å². The Hall–Kier alpha value is -1.74. The summed E-state index contributed by atoms with van der Waals surface area (Å²) < 4.78 is 4.15. The number of nitrogens with zero attached hydrogens (tertiary/aromatic N) is 3. The van der Waals surface area contributed by atoms with Crippen LogP contribution in [0, 0.1) is 0 Å². The van der Waals surface area contributed by atoms with Gasteiger partial charge in [-0.15, -0.1) is 103 Å². The standard InChI is InChI=1S/C39H39N3S9/c1-4-7-22-43-34-19-16-28(49-34)25-10-13-31(46-25)37-40-38(32-14-11-26(47-32)29-17-20-35(50-29)44-23-8-5-2)42-39(41-37)33-15-12-27(48-33)30-18-21-36(51-30)45-24-9-6-3/h10-21H,4-9,22-24H2,1-3H3. The fourth-order valence-electron chi connectivity index (χ4n) is 5.02. The summed E-state index contributed by atoms with van der Waals surface area (Å²) in [4.78, 5) is 26.3. The van der Waals surface area contributed by atoms with Crippen molar-refractivity contribution in [1.29, 1.82) is 0 Å². The van der Waals surface area contributed by atoms with Crippen LogP contribution >= 0.6 is 103 Å². The third kappa shape index (κ3) is 9.69. The van der Waals surface area contributed by atoms with E-state index in [1.165, 1.54) is 97.7 Å². The Morgan fingerprint density at radius 3 is 0.902 bits per heavy atom. The Kier molecular flexibility index (Phi) is 13.7. The molecule has 0 radical (unpaired) electrons. The number of unbranched alkanes of at least 4 members (excludes halogenated alkanes) is 3. The van der Waals surface area contributed by atoms with E-state index in [2.05, 4.69) is 93.6 Å². The zero-order valence-electron chi connectivity index (χ0n) is 28.8. The van der Waals surface area contributed by atoms with Gasteiger partial charge in [-0.2, -0.15) is 0 Å². The third-order valence-corrected chi connectivity index (χ3v) is 18.8. The average Bonchev–Trinajstić information content (AvgIpc) is 3.99. The molecule has 0 unspecified atom stereocenters. The minimum Gasteiger partial charge on any atom is -0.206 e. The van der Waals surface area contributed by atoms with Crippen LogP contribution in [0.3, 0.4) is 0 Å². The van der Waals surface area contributed by atoms with Gasteiger partial charge in [-0.05, 0) is 109 Å². The fourth-order valence-corrected chi connectivity index (χ4v) is 15.0. The van der Waals surface area contributed by atoms with Gasteiger partial charge in [0.05, 0.1) is 27.3 Å². The average molecular weight is 838 g/mol. The monoisotopic (exact) mass is 837 g/mol. The largest absolute Gasteiger partial charge is 0.206 e. The normalized spacial score (nSPS) is 11.6. The van der Waals surface area contributed by atoms with Crippen molar-refractivity contribution in [2.75, 3.05) is 17.3 Å². The van der Waals surface area contributed by atoms with Gasteiger partial charge < -0.3 is 0 Å². The van der Waals surface area contributed by atoms with Crippen LogP contribution in [-0.2, 0) is 0 Å². The molecule has 0 N–H and O–H groups in total. The highest BCUT2D eigenvalue weighted by Gasteiger charge is 2.19. The quantitative estimate of drug-likeness (QED) is 0.0633. The maximum Gasteiger partial charge on any atom is 0.174 e. The van der Waals surface area contributed by atoms with Crippen LogP contribution in [0.15, 0.2) is 85.4 Å². The molecule has 12 heteroatoms. The van der Waals surface area contributed by atoms with E-state index < -0.39 is 0 Å². The van der Waals surface area contributed by atoms with Crippen molar-refractivity contribution in [1.82, 2.24) is 15.0 Å². The first-order chi connectivity index (χ1) is 25.1. The Morgan fingerprint density at radius 1 is 0.353 bits per heavy atom. The molecule has 0 aliphatic rings. The van der Waals surface area contributed by atoms with E-state index in [1.807, 2.05) is 69.3 Å². The Bertz CT molecular complexity index is 1890. The summed E-state index contributed by atoms with van der Waals surface area (Å²) in [7, 11) is 0. The number of hydrogen-bond acceptors (Lipinski definition) is 12. The molecule has 0 spiro atoms. The first kappa shape index (κ1) is 37.6. The van der Waals surface area contributed by atoms with Crippen molar-refractivity contribution in [3.05, 3.63) is 72.8 Å². The van der Waals surface area contributed by atoms with Crippen molar-refractivity contribution in [2.45, 2.75) is 71.9 Å². The van der Waals surface area contributed by atoms with Crippen LogP contribution in [0.4, 0.5) is 0 Å². The lowest BCUT2D eigenvalue weighted by atomic mass is 10.3. The zero-order valence-corrected chi connectivity index (χ0v) is 36.2. The topological polar surface area (TPSA) is 38.7 Å². The van der Waals surface area contributed by atoms with Crippen LogP contribution in [0.5, 0.6) is 0 Å². The van der Waals surface area contributed by atoms with E-state index in [-0.39, 0.29) is 0 Å². The summed E-state index contributed by atoms with van der Waals surface area (Å²) in [6.45, 7) is 6.76. The Balaban J connectivity index is 1.19. The number of thiophene rings is 6. The highest BCUT2D eigenvalue weighted by molar-refractivity contribution is 8.01. The SMILES string of the molecule is CCCCSc1ccc(-c2ccc(-c3nc(-c4ccc(-c5ccc(SCCCC)s5)s4)nc(-c4ccc(-c5ccc(SCCCC)s5)s4)n3)s2)s1. The first-order valence-electron chi connectivity index (χ1n) is 17.4. The third-order valence-electron chi connectivity index (χ3n) is 7.81. The van der Waals surface area contributed by atoms with Crippen molar-refractivity contribution < 1.29 is 0 Å². The fraction of sp³-hybridized carbons (Fsp3) is 0.308. The predicted molar refractivity (Wildman–Crippen MR) is 237 cm³/mol. The van der Waals surface area contributed by atoms with E-state index in [1.54, 1.807) is 34.0 Å². The summed E-state index contributed by atoms with van der Waals surface area (Å²) >= 11 is 16.9. The minimum atomic E-state index is 0.738. The molecule has 0 aromatic carbocycles. The van der Waals surface area contributed by atoms with Crippen molar-refractivity contribution >= 4 is 103 Å². The van der Waals surface area contributed by atoms with Gasteiger partial charge in [0.25, 0.3) is 0 Å². The van der Waals surface area contributed by atoms with Crippen LogP contribution in [0.25, 0.3) is 61.4 Å². The van der Waals surface area contributed by atoms with Crippen molar-refractivity contribution in [3.63, 3.8) is 0 Å². The lowest BCUT2D eigenvalue weighted by Gasteiger charge is -2.04. The second-order valence-corrected chi connectivity index (χ2v) is 22.4. The summed E-state index contributed by atoms with van der Waals surface area (Å²) in [5, 5.41) is 0. The Morgan fingerprint density at radius 2 is 0.608 bits per heavy atom. The highest BCUT2D eigenvalue weighted by atomic mass is 32.2. The van der Waals surface area contributed by atoms with E-state index in [0.29, 0.717) is 0 Å². The van der Waals surface area contributed by atoms with Crippen molar-refractivity contribution in [2.24, 2.45) is 0 Å². The van der Waals surface area contributed by atoms with Gasteiger partial charge in [0.1, 0.15) is 0 Å². The second-order valence-electron chi connectivity index (χ2n) is 11.8. The van der Waals surface area contributed by atoms with Crippen LogP contribution in [0.2, 0.25) is 0 Å². The molecule has 0 bridgehead atoms. The molecule has 0 aliphatic carbocycles. The maximum absolute atomic E-state index is 5.13. The number of rotatable bonds is 18. The van der Waals surface area contributed by atoms with E-state index in [0.717, 1.165) is 32.1 Å². The highest BCUT2D eigenvalue weighted by Crippen LogP contribution is 2.44. The molecule has 0 fully saturated rings. The van der Waals surface area contributed by atoms with Gasteiger partial charge in [-0.1, -0.05) is 40.0 Å². The molecule has 0 saturated carbocycles. The molecule has 0 atom stereocenters. The summed E-state index contributed by atoms with van der Waals surface area (Å²) in [6, 6.07) is 26.8. The van der Waals surface area contributed by atoms with E-state index in [4.69, 9.17) is 15.0 Å². The lowest BCUT2D eigenvalue weighted by Crippen LogP contribution is -1.97. The molecule has 0 saturated heterocycles. The molecule has 264 valence electrons. The van der Waals surface area contributed by atoms with Gasteiger partial charge in [-0.3, -0.25) is 0 Å². The number of hydrogen-bond donors (Lipinski definition) is 0. The molecule has 3 nitrogen and oxygen atoms in total. The molecule has 7 aromatic rings. The van der Waals surface area contributed by atoms with E-state index in [9.17, 15) is 0 Å². The van der Waals surface area contributed by atoms with Gasteiger partial charge in [0, 0.05) is 29.3 Å². The summed E-state index contributed by atoms with van der Waals surface area (Å²) in [5.41, 5.74) is 0. The van der Waals surface area contributed by atoms with Gasteiger partial charge in [0.2, 0.25) is 0 Å². The molecule has 0 aliphatic heterocycles. The predicted octanol–water partition coefficient (Wildman–Crippen LogP) is 15.9. The van der Waals surface area contributed by atoms with Gasteiger partial charge in [0.15, 0.2) is 17.5 Å². The lowest BCUT2D eigenvalue weighted by molar-refractivity contribution is 0.896. The zero-order chi connectivity index (χ0) is 35.0. The second kappa shape index (κ2) is 18.5. The molecule has 7 heterocycles. The van der Waals surface area contributed by atoms with Crippen LogP contribution in [-0.4, -0.2) is 32.2 Å². The number of aromatic nitrogens is 3. The van der Waals surface area contributed by atoms with Gasteiger partial charge in [-0.25, -0.2) is 15.0 Å². The maximum atomic E-state index is 5.13. The van der Waals surface area contributed by atoms with Crippen LogP contribution < -0.4 is 0 Å². The summed E-state index contributed by atoms with van der Waals surface area (Å²) in [6.07, 6.45) is 7.45. The van der Waals surface area contributed by atoms with Crippen molar-refractivity contribution in [3.8, 4) is 61.4 Å². The first-order valence-corrected chi connectivity index (χ1v) is 25.2. The smallest absolute Gasteiger partial charge is 0.174 e. The summed E-state index contributed by atoms with van der Waals surface area (Å²) in [5.74, 6) is 5.74. The van der Waals surface area contributed by atoms with Gasteiger partial charge >= 0.3 is 0 Å². The molecule has 7 aromatic heterocycles. The van der Waals surface area contributed by atoms with Crippen LogP contribution in [0.1, 0.15) is 59.3 Å². The molecular weight excluding hydrogens is 799 g/mol. The minimum absolute atomic E-state index is 0.738. The molecule has 0 amide bonds. The number of thioether (sulfide) groups is 3. The molecular formula is C39H39N3S9. The molecule has 51 heavy (non-hydrogen) atoms. The Labute approximate surface area is 338 Å².